The third kappa shape index (κ3) is 2.58. The molecule has 13 heavy (non-hydrogen) atoms. The molecule has 1 atom stereocenters. The van der Waals surface area contributed by atoms with Crippen molar-refractivity contribution in [3.63, 3.8) is 0 Å². The van der Waals surface area contributed by atoms with E-state index in [1.165, 1.54) is 0 Å². The van der Waals surface area contributed by atoms with E-state index in [4.69, 9.17) is 5.73 Å². The molecule has 0 amide bonds. The number of rotatable bonds is 2. The lowest BCUT2D eigenvalue weighted by Gasteiger charge is -2.10. The van der Waals surface area contributed by atoms with Crippen LogP contribution in [0.15, 0.2) is 4.99 Å². The summed E-state index contributed by atoms with van der Waals surface area (Å²) in [6, 6.07) is 0. The van der Waals surface area contributed by atoms with E-state index in [1.807, 2.05) is 0 Å². The molecule has 0 spiro atoms. The lowest BCUT2D eigenvalue weighted by molar-refractivity contribution is 0.586. The number of nitrogens with two attached hydrogens (primary N) is 1. The first-order valence-corrected chi connectivity index (χ1v) is 5.95. The lowest BCUT2D eigenvalue weighted by Crippen LogP contribution is -2.38. The third-order valence-electron chi connectivity index (χ3n) is 2.21. The van der Waals surface area contributed by atoms with E-state index in [0.29, 0.717) is 18.3 Å². The van der Waals surface area contributed by atoms with Gasteiger partial charge in [0, 0.05) is 13.6 Å². The Hall–Kier alpha value is -0.780. The summed E-state index contributed by atoms with van der Waals surface area (Å²) in [5, 5.41) is 2.49. The van der Waals surface area contributed by atoms with Crippen LogP contribution < -0.4 is 11.1 Å². The molecule has 0 aliphatic carbocycles. The van der Waals surface area contributed by atoms with Gasteiger partial charge in [-0.3, -0.25) is 4.99 Å². The zero-order chi connectivity index (χ0) is 9.90. The number of hydrogen-bond donors (Lipinski definition) is 2. The topological polar surface area (TPSA) is 84.5 Å². The van der Waals surface area contributed by atoms with Crippen LogP contribution in [0.5, 0.6) is 0 Å². The van der Waals surface area contributed by atoms with Gasteiger partial charge >= 0.3 is 0 Å². The van der Waals surface area contributed by atoms with Gasteiger partial charge in [0.2, 0.25) is 0 Å². The van der Waals surface area contributed by atoms with Gasteiger partial charge in [0.25, 0.3) is 0 Å². The molecule has 0 saturated carbocycles. The minimum absolute atomic E-state index is 0.284. The summed E-state index contributed by atoms with van der Waals surface area (Å²) in [5.74, 6) is 0.602. The van der Waals surface area contributed by atoms with Crippen LogP contribution in [-0.4, -0.2) is 39.0 Å². The van der Waals surface area contributed by atoms with Crippen molar-refractivity contribution >= 4 is 15.8 Å². The highest BCUT2D eigenvalue weighted by Gasteiger charge is 2.30. The molecule has 1 heterocycles. The van der Waals surface area contributed by atoms with E-state index in [2.05, 4.69) is 10.3 Å². The minimum atomic E-state index is -2.86. The van der Waals surface area contributed by atoms with Gasteiger partial charge in [0.05, 0.1) is 11.0 Å². The summed E-state index contributed by atoms with van der Waals surface area (Å²) < 4.78 is 22.7. The van der Waals surface area contributed by atoms with Crippen molar-refractivity contribution in [1.29, 1.82) is 0 Å². The smallest absolute Gasteiger partial charge is 0.188 e. The monoisotopic (exact) mass is 205 g/mol. The Morgan fingerprint density at radius 2 is 2.38 bits per heavy atom. The van der Waals surface area contributed by atoms with Gasteiger partial charge in [-0.15, -0.1) is 0 Å². The van der Waals surface area contributed by atoms with Gasteiger partial charge in [-0.1, -0.05) is 0 Å². The van der Waals surface area contributed by atoms with Crippen molar-refractivity contribution in [3.05, 3.63) is 0 Å². The number of nitrogens with zero attached hydrogens (tertiary/aromatic N) is 1. The van der Waals surface area contributed by atoms with E-state index in [-0.39, 0.29) is 5.25 Å². The molecule has 6 heteroatoms. The predicted molar refractivity (Wildman–Crippen MR) is 52.4 cm³/mol. The molecule has 1 unspecified atom stereocenters. The number of sulfone groups is 1. The molecule has 1 saturated heterocycles. The molecule has 0 bridgehead atoms. The molecular formula is C7H15N3O2S. The van der Waals surface area contributed by atoms with Crippen LogP contribution in [0.4, 0.5) is 0 Å². The van der Waals surface area contributed by atoms with Gasteiger partial charge in [-0.25, -0.2) is 8.42 Å². The van der Waals surface area contributed by atoms with Crippen LogP contribution in [0, 0.1) is 0 Å². The highest BCUT2D eigenvalue weighted by atomic mass is 32.2. The fourth-order valence-corrected chi connectivity index (χ4v) is 3.15. The van der Waals surface area contributed by atoms with Crippen LogP contribution in [0.2, 0.25) is 0 Å². The number of nitrogens with one attached hydrogen (secondary N) is 1. The second-order valence-corrected chi connectivity index (χ2v) is 5.52. The summed E-state index contributed by atoms with van der Waals surface area (Å²) >= 11 is 0. The van der Waals surface area contributed by atoms with Crippen LogP contribution in [0.3, 0.4) is 0 Å². The first-order valence-electron chi connectivity index (χ1n) is 4.24. The molecule has 1 fully saturated rings. The Balaban J connectivity index is 2.47. The van der Waals surface area contributed by atoms with Gasteiger partial charge in [-0.05, 0) is 12.8 Å². The SMILES string of the molecule is CN=C(N)NCC1CCCS1(=O)=O. The van der Waals surface area contributed by atoms with E-state index in [9.17, 15) is 8.42 Å². The maximum absolute atomic E-state index is 11.3. The Kier molecular flexibility index (Phi) is 3.13. The molecular weight excluding hydrogens is 190 g/mol. The standard InChI is InChI=1S/C7H15N3O2S/c1-9-7(8)10-5-6-3-2-4-13(6,11)12/h6H,2-5H2,1H3,(H3,8,9,10). The van der Waals surface area contributed by atoms with E-state index in [0.717, 1.165) is 12.8 Å². The Bertz CT molecular complexity index is 297. The Labute approximate surface area is 78.3 Å². The maximum atomic E-state index is 11.3. The summed E-state index contributed by atoms with van der Waals surface area (Å²) in [7, 11) is -1.30. The average molecular weight is 205 g/mol. The first kappa shape index (κ1) is 10.3. The predicted octanol–water partition coefficient (Wildman–Crippen LogP) is -0.902. The second kappa shape index (κ2) is 3.95. The fraction of sp³-hybridized carbons (Fsp3) is 0.857. The molecule has 3 N–H and O–H groups in total. The summed E-state index contributed by atoms with van der Waals surface area (Å²) in [6.45, 7) is 0.380. The van der Waals surface area contributed by atoms with Crippen LogP contribution in [0.1, 0.15) is 12.8 Å². The summed E-state index contributed by atoms with van der Waals surface area (Å²) in [6.07, 6.45) is 1.49. The van der Waals surface area contributed by atoms with Crippen molar-refractivity contribution in [2.45, 2.75) is 18.1 Å². The summed E-state index contributed by atoms with van der Waals surface area (Å²) in [4.78, 5) is 3.69. The van der Waals surface area contributed by atoms with Crippen LogP contribution in [-0.2, 0) is 9.84 Å². The first-order chi connectivity index (χ1) is 6.06. The minimum Gasteiger partial charge on any atom is -0.370 e. The number of guanidine groups is 1. The second-order valence-electron chi connectivity index (χ2n) is 3.12. The van der Waals surface area contributed by atoms with Crippen molar-refractivity contribution < 1.29 is 8.42 Å². The largest absolute Gasteiger partial charge is 0.370 e. The quantitative estimate of drug-likeness (QED) is 0.452. The van der Waals surface area contributed by atoms with E-state index in [1.54, 1.807) is 7.05 Å². The third-order valence-corrected chi connectivity index (χ3v) is 4.49. The molecule has 0 aromatic heterocycles. The molecule has 5 nitrogen and oxygen atoms in total. The Morgan fingerprint density at radius 3 is 2.85 bits per heavy atom. The van der Waals surface area contributed by atoms with Crippen LogP contribution >= 0.6 is 0 Å². The van der Waals surface area contributed by atoms with Crippen molar-refractivity contribution in [1.82, 2.24) is 5.32 Å². The summed E-state index contributed by atoms with van der Waals surface area (Å²) in [5.41, 5.74) is 5.38. The molecule has 1 rings (SSSR count). The average Bonchev–Trinajstić information content (AvgIpc) is 2.41. The zero-order valence-electron chi connectivity index (χ0n) is 7.66. The lowest BCUT2D eigenvalue weighted by atomic mass is 10.2. The number of hydrogen-bond acceptors (Lipinski definition) is 3. The Morgan fingerprint density at radius 1 is 1.69 bits per heavy atom. The van der Waals surface area contributed by atoms with Crippen LogP contribution in [0.25, 0.3) is 0 Å². The van der Waals surface area contributed by atoms with Gasteiger partial charge < -0.3 is 11.1 Å². The molecule has 1 aliphatic rings. The zero-order valence-corrected chi connectivity index (χ0v) is 8.47. The highest BCUT2D eigenvalue weighted by Crippen LogP contribution is 2.18. The molecule has 76 valence electrons. The van der Waals surface area contributed by atoms with Crippen molar-refractivity contribution in [3.8, 4) is 0 Å². The van der Waals surface area contributed by atoms with Crippen molar-refractivity contribution in [2.24, 2.45) is 10.7 Å². The number of aliphatic imine (C=N–C) groups is 1. The van der Waals surface area contributed by atoms with Gasteiger partial charge in [-0.2, -0.15) is 0 Å². The molecule has 0 aromatic rings. The molecule has 0 aromatic carbocycles. The normalized spacial score (nSPS) is 27.5. The molecule has 1 aliphatic heterocycles. The fourth-order valence-electron chi connectivity index (χ4n) is 1.38. The van der Waals surface area contributed by atoms with Gasteiger partial charge in [0.15, 0.2) is 15.8 Å². The van der Waals surface area contributed by atoms with E-state index >= 15 is 0 Å². The maximum Gasteiger partial charge on any atom is 0.188 e. The van der Waals surface area contributed by atoms with Gasteiger partial charge in [0.1, 0.15) is 0 Å². The highest BCUT2D eigenvalue weighted by molar-refractivity contribution is 7.92. The van der Waals surface area contributed by atoms with Crippen molar-refractivity contribution in [2.75, 3.05) is 19.3 Å². The molecule has 0 radical (unpaired) electrons. The van der Waals surface area contributed by atoms with E-state index < -0.39 is 9.84 Å².